The zero-order chi connectivity index (χ0) is 20.3. The number of rotatable bonds is 7. The zero-order valence-corrected chi connectivity index (χ0v) is 17.2. The highest BCUT2D eigenvalue weighted by Gasteiger charge is 2.21. The Balaban J connectivity index is 1.73. The van der Waals surface area contributed by atoms with Crippen molar-refractivity contribution in [1.29, 1.82) is 0 Å². The molecule has 0 fully saturated rings. The van der Waals surface area contributed by atoms with Crippen LogP contribution in [0.15, 0.2) is 72.9 Å². The molecule has 0 spiro atoms. The molecule has 0 aliphatic rings. The normalized spacial score (nSPS) is 12.2. The van der Waals surface area contributed by atoms with Crippen LogP contribution < -0.4 is 9.88 Å². The van der Waals surface area contributed by atoms with Crippen LogP contribution in [0.25, 0.3) is 27.1 Å². The Bertz CT molecular complexity index is 1280. The molecule has 5 nitrogen and oxygen atoms in total. The molecular formula is C22H20N2O3S2. The molecule has 1 heterocycles. The van der Waals surface area contributed by atoms with Crippen LogP contribution in [0.4, 0.5) is 5.69 Å². The number of fused-ring (bicyclic) bond motifs is 3. The number of aromatic nitrogens is 1. The van der Waals surface area contributed by atoms with Crippen molar-refractivity contribution < 1.29 is 17.5 Å². The van der Waals surface area contributed by atoms with Gasteiger partial charge in [-0.3, -0.25) is 0 Å². The van der Waals surface area contributed by atoms with E-state index in [1.165, 1.54) is 0 Å². The van der Waals surface area contributed by atoms with Crippen LogP contribution >= 0.6 is 11.3 Å². The topological polar surface area (TPSA) is 73.1 Å². The summed E-state index contributed by atoms with van der Waals surface area (Å²) in [6.07, 6.45) is 4.14. The minimum atomic E-state index is -4.23. The van der Waals surface area contributed by atoms with Crippen LogP contribution in [-0.2, 0) is 16.7 Å². The van der Waals surface area contributed by atoms with Gasteiger partial charge in [-0.15, -0.1) is 0 Å². The van der Waals surface area contributed by atoms with Crippen molar-refractivity contribution in [1.82, 2.24) is 0 Å². The first-order chi connectivity index (χ1) is 14.0. The number of benzene rings is 3. The van der Waals surface area contributed by atoms with E-state index in [9.17, 15) is 13.0 Å². The van der Waals surface area contributed by atoms with Gasteiger partial charge in [-0.2, -0.15) is 4.57 Å². The lowest BCUT2D eigenvalue weighted by molar-refractivity contribution is -0.667. The van der Waals surface area contributed by atoms with Crippen LogP contribution in [0.3, 0.4) is 0 Å². The molecule has 29 heavy (non-hydrogen) atoms. The molecule has 0 radical (unpaired) electrons. The van der Waals surface area contributed by atoms with Crippen LogP contribution in [0, 0.1) is 0 Å². The first kappa shape index (κ1) is 19.6. The van der Waals surface area contributed by atoms with Crippen molar-refractivity contribution in [3.8, 4) is 0 Å². The second-order valence-corrected chi connectivity index (χ2v) is 9.27. The van der Waals surface area contributed by atoms with E-state index in [1.807, 2.05) is 54.7 Å². The number of anilines is 1. The number of para-hydroxylation sites is 1. The van der Waals surface area contributed by atoms with Gasteiger partial charge in [-0.25, -0.2) is 8.42 Å². The fourth-order valence-electron chi connectivity index (χ4n) is 3.36. The molecule has 3 aromatic carbocycles. The van der Waals surface area contributed by atoms with E-state index in [0.717, 1.165) is 31.7 Å². The molecule has 0 amide bonds. The van der Waals surface area contributed by atoms with E-state index in [-0.39, 0.29) is 12.2 Å². The average molecular weight is 425 g/mol. The Hall–Kier alpha value is -2.74. The molecule has 4 aromatic rings. The van der Waals surface area contributed by atoms with Gasteiger partial charge in [0.2, 0.25) is 5.52 Å². The highest BCUT2D eigenvalue weighted by molar-refractivity contribution is 7.85. The predicted octanol–water partition coefficient (Wildman–Crippen LogP) is 4.36. The van der Waals surface area contributed by atoms with Crippen LogP contribution in [0.2, 0.25) is 0 Å². The Labute approximate surface area is 173 Å². The summed E-state index contributed by atoms with van der Waals surface area (Å²) in [7, 11) is -4.23. The Kier molecular flexibility index (Phi) is 5.62. The molecule has 1 N–H and O–H groups in total. The van der Waals surface area contributed by atoms with Crippen molar-refractivity contribution in [2.45, 2.75) is 13.0 Å². The van der Waals surface area contributed by atoms with E-state index < -0.39 is 10.1 Å². The molecule has 148 valence electrons. The Morgan fingerprint density at radius 2 is 1.76 bits per heavy atom. The van der Waals surface area contributed by atoms with E-state index in [4.69, 9.17) is 0 Å². The SMILES string of the molecule is O=S(=O)([O-])CCC[n+]1c(/C=C/Nc2ccccc2)sc2ccc3ccccc3c21. The van der Waals surface area contributed by atoms with Gasteiger partial charge >= 0.3 is 0 Å². The summed E-state index contributed by atoms with van der Waals surface area (Å²) in [6.45, 7) is 0.459. The molecule has 0 aliphatic carbocycles. The van der Waals surface area contributed by atoms with Gasteiger partial charge in [0, 0.05) is 30.1 Å². The molecule has 1 aromatic heterocycles. The van der Waals surface area contributed by atoms with Crippen LogP contribution in [-0.4, -0.2) is 18.7 Å². The third-order valence-electron chi connectivity index (χ3n) is 4.64. The molecule has 0 atom stereocenters. The third kappa shape index (κ3) is 4.64. The predicted molar refractivity (Wildman–Crippen MR) is 118 cm³/mol. The molecule has 0 bridgehead atoms. The quantitative estimate of drug-likeness (QED) is 0.353. The smallest absolute Gasteiger partial charge is 0.264 e. The molecule has 0 saturated heterocycles. The number of nitrogens with one attached hydrogen (secondary N) is 1. The van der Waals surface area contributed by atoms with E-state index in [1.54, 1.807) is 11.3 Å². The standard InChI is InChI=1S/C22H20N2O3S2/c25-29(26,27)16-6-15-24-21(13-14-23-18-8-2-1-3-9-18)28-20-12-11-17-7-4-5-10-19(17)22(20)24/h1-5,7-14H,6,15-16H2,(H,25,26,27). The van der Waals surface area contributed by atoms with Gasteiger partial charge in [0.05, 0.1) is 15.5 Å². The lowest BCUT2D eigenvalue weighted by Gasteiger charge is -2.05. The van der Waals surface area contributed by atoms with Gasteiger partial charge in [0.15, 0.2) is 6.54 Å². The monoisotopic (exact) mass is 424 g/mol. The largest absolute Gasteiger partial charge is 0.748 e. The summed E-state index contributed by atoms with van der Waals surface area (Å²) in [5.41, 5.74) is 2.05. The van der Waals surface area contributed by atoms with Crippen molar-refractivity contribution in [3.63, 3.8) is 0 Å². The number of hydrogen-bond acceptors (Lipinski definition) is 5. The number of aryl methyl sites for hydroxylation is 1. The highest BCUT2D eigenvalue weighted by atomic mass is 32.2. The maximum atomic E-state index is 11.1. The summed E-state index contributed by atoms with van der Waals surface area (Å²) in [5.74, 6) is -0.368. The number of thiazole rings is 1. The molecule has 4 rings (SSSR count). The lowest BCUT2D eigenvalue weighted by Crippen LogP contribution is -2.36. The fraction of sp³-hybridized carbons (Fsp3) is 0.136. The van der Waals surface area contributed by atoms with Gasteiger partial charge < -0.3 is 9.87 Å². The maximum absolute atomic E-state index is 11.1. The minimum absolute atomic E-state index is 0.276. The molecule has 0 saturated carbocycles. The van der Waals surface area contributed by atoms with Crippen molar-refractivity contribution in [3.05, 3.63) is 77.9 Å². The fourth-order valence-corrected chi connectivity index (χ4v) is 4.95. The van der Waals surface area contributed by atoms with Crippen molar-refractivity contribution in [2.75, 3.05) is 11.1 Å². The van der Waals surface area contributed by atoms with Gasteiger partial charge in [-0.1, -0.05) is 53.8 Å². The lowest BCUT2D eigenvalue weighted by atomic mass is 10.1. The van der Waals surface area contributed by atoms with Gasteiger partial charge in [0.25, 0.3) is 5.01 Å². The summed E-state index contributed by atoms with van der Waals surface area (Å²) < 4.78 is 36.4. The zero-order valence-electron chi connectivity index (χ0n) is 15.6. The number of hydrogen-bond donors (Lipinski definition) is 1. The first-order valence-electron chi connectivity index (χ1n) is 9.27. The van der Waals surface area contributed by atoms with Crippen LogP contribution in [0.5, 0.6) is 0 Å². The minimum Gasteiger partial charge on any atom is -0.748 e. The Morgan fingerprint density at radius 3 is 2.55 bits per heavy atom. The van der Waals surface area contributed by atoms with E-state index in [0.29, 0.717) is 6.54 Å². The summed E-state index contributed by atoms with van der Waals surface area (Å²) in [6, 6.07) is 22.2. The average Bonchev–Trinajstić information content (AvgIpc) is 3.06. The van der Waals surface area contributed by atoms with E-state index in [2.05, 4.69) is 34.1 Å². The summed E-state index contributed by atoms with van der Waals surface area (Å²) >= 11 is 1.64. The first-order valence-corrected chi connectivity index (χ1v) is 11.7. The second-order valence-electron chi connectivity index (χ2n) is 6.68. The maximum Gasteiger partial charge on any atom is 0.264 e. The Morgan fingerprint density at radius 1 is 1.00 bits per heavy atom. The summed E-state index contributed by atoms with van der Waals surface area (Å²) in [4.78, 5) is 0. The van der Waals surface area contributed by atoms with Gasteiger partial charge in [0.1, 0.15) is 4.70 Å². The van der Waals surface area contributed by atoms with E-state index >= 15 is 0 Å². The van der Waals surface area contributed by atoms with Gasteiger partial charge in [-0.05, 0) is 29.7 Å². The third-order valence-corrected chi connectivity index (χ3v) is 6.54. The molecule has 7 heteroatoms. The second kappa shape index (κ2) is 8.32. The molecule has 0 aliphatic heterocycles. The highest BCUT2D eigenvalue weighted by Crippen LogP contribution is 2.29. The van der Waals surface area contributed by atoms with Crippen LogP contribution in [0.1, 0.15) is 11.4 Å². The summed E-state index contributed by atoms with van der Waals surface area (Å²) in [5, 5.41) is 6.48. The van der Waals surface area contributed by atoms with Crippen molar-refractivity contribution in [2.24, 2.45) is 0 Å². The van der Waals surface area contributed by atoms with Crippen molar-refractivity contribution >= 4 is 54.2 Å². The number of nitrogens with zero attached hydrogens (tertiary/aromatic N) is 1. The molecular weight excluding hydrogens is 404 g/mol. The molecule has 0 unspecified atom stereocenters.